The van der Waals surface area contributed by atoms with Crippen molar-refractivity contribution in [2.75, 3.05) is 5.32 Å². The fourth-order valence-electron chi connectivity index (χ4n) is 2.24. The van der Waals surface area contributed by atoms with E-state index >= 15 is 0 Å². The number of hydrogen-bond acceptors (Lipinski definition) is 3. The quantitative estimate of drug-likeness (QED) is 0.842. The van der Waals surface area contributed by atoms with Gasteiger partial charge in [0.15, 0.2) is 0 Å². The third kappa shape index (κ3) is 5.29. The predicted molar refractivity (Wildman–Crippen MR) is 101 cm³/mol. The Kier molecular flexibility index (Phi) is 5.56. The zero-order chi connectivity index (χ0) is 18.8. The van der Waals surface area contributed by atoms with E-state index in [0.29, 0.717) is 16.3 Å². The fourth-order valence-corrected chi connectivity index (χ4v) is 3.87. The van der Waals surface area contributed by atoms with Crippen LogP contribution in [0.15, 0.2) is 47.4 Å². The Bertz CT molecular complexity index is 903. The number of sulfonamides is 1. The number of hydrogen-bond donors (Lipinski definition) is 2. The van der Waals surface area contributed by atoms with E-state index in [-0.39, 0.29) is 10.5 Å². The predicted octanol–water partition coefficient (Wildman–Crippen LogP) is 3.98. The van der Waals surface area contributed by atoms with Gasteiger partial charge < -0.3 is 5.32 Å². The van der Waals surface area contributed by atoms with Gasteiger partial charge in [-0.25, -0.2) is 13.1 Å². The van der Waals surface area contributed by atoms with Crippen molar-refractivity contribution in [3.63, 3.8) is 0 Å². The molecule has 0 radical (unpaired) electrons. The molecule has 2 aromatic carbocycles. The molecule has 2 aromatic rings. The number of nitrogens with one attached hydrogen (secondary N) is 2. The summed E-state index contributed by atoms with van der Waals surface area (Å²) in [4.78, 5) is 12.6. The van der Waals surface area contributed by atoms with Crippen LogP contribution >= 0.6 is 11.6 Å². The van der Waals surface area contributed by atoms with Crippen molar-refractivity contribution in [1.29, 1.82) is 0 Å². The van der Waals surface area contributed by atoms with E-state index in [1.54, 1.807) is 58.0 Å². The van der Waals surface area contributed by atoms with Crippen molar-refractivity contribution in [1.82, 2.24) is 4.72 Å². The van der Waals surface area contributed by atoms with Gasteiger partial charge >= 0.3 is 0 Å². The van der Waals surface area contributed by atoms with E-state index in [4.69, 9.17) is 11.6 Å². The molecule has 0 aliphatic heterocycles. The van der Waals surface area contributed by atoms with E-state index in [1.807, 2.05) is 0 Å². The molecule has 0 unspecified atom stereocenters. The highest BCUT2D eigenvalue weighted by Gasteiger charge is 2.23. The van der Waals surface area contributed by atoms with Gasteiger partial charge in [-0.05, 0) is 63.6 Å². The average molecular weight is 381 g/mol. The summed E-state index contributed by atoms with van der Waals surface area (Å²) in [7, 11) is -3.72. The Morgan fingerprint density at radius 1 is 1.08 bits per heavy atom. The summed E-state index contributed by atoms with van der Waals surface area (Å²) >= 11 is 5.91. The van der Waals surface area contributed by atoms with Crippen molar-refractivity contribution >= 4 is 33.2 Å². The molecule has 2 N–H and O–H groups in total. The Morgan fingerprint density at radius 2 is 1.76 bits per heavy atom. The van der Waals surface area contributed by atoms with Gasteiger partial charge in [0.05, 0.1) is 4.90 Å². The standard InChI is InChI=1S/C18H21ClN2O3S/c1-12-8-9-15(25(23,24)21-18(2,3)4)11-16(12)17(22)20-14-7-5-6-13(19)10-14/h5-11,21H,1-4H3,(H,20,22). The zero-order valence-corrected chi connectivity index (χ0v) is 16.1. The first kappa shape index (κ1) is 19.4. The summed E-state index contributed by atoms with van der Waals surface area (Å²) in [6.45, 7) is 7.02. The van der Waals surface area contributed by atoms with Gasteiger partial charge in [0.1, 0.15) is 0 Å². The Balaban J connectivity index is 2.34. The first-order chi connectivity index (χ1) is 11.5. The van der Waals surface area contributed by atoms with E-state index in [2.05, 4.69) is 10.0 Å². The van der Waals surface area contributed by atoms with Crippen LogP contribution in [0.5, 0.6) is 0 Å². The fraction of sp³-hybridized carbons (Fsp3) is 0.278. The lowest BCUT2D eigenvalue weighted by atomic mass is 10.1. The third-order valence-corrected chi connectivity index (χ3v) is 5.28. The summed E-state index contributed by atoms with van der Waals surface area (Å²) < 4.78 is 27.5. The highest BCUT2D eigenvalue weighted by atomic mass is 35.5. The molecule has 0 bridgehead atoms. The van der Waals surface area contributed by atoms with Crippen LogP contribution in [0.3, 0.4) is 0 Å². The lowest BCUT2D eigenvalue weighted by molar-refractivity contribution is 0.102. The summed E-state index contributed by atoms with van der Waals surface area (Å²) in [6, 6.07) is 11.2. The lowest BCUT2D eigenvalue weighted by Gasteiger charge is -2.20. The Hall–Kier alpha value is -1.89. The molecule has 0 atom stereocenters. The third-order valence-electron chi connectivity index (χ3n) is 3.29. The summed E-state index contributed by atoms with van der Waals surface area (Å²) in [5.41, 5.74) is 0.886. The molecule has 2 rings (SSSR count). The average Bonchev–Trinajstić information content (AvgIpc) is 2.44. The van der Waals surface area contributed by atoms with E-state index in [0.717, 1.165) is 0 Å². The maximum Gasteiger partial charge on any atom is 0.255 e. The molecule has 1 amide bonds. The zero-order valence-electron chi connectivity index (χ0n) is 14.6. The Labute approximate surface area is 153 Å². The molecule has 0 aliphatic rings. The molecular formula is C18H21ClN2O3S. The number of anilines is 1. The molecule has 0 heterocycles. The second kappa shape index (κ2) is 7.15. The number of rotatable bonds is 4. The van der Waals surface area contributed by atoms with Crippen LogP contribution in [0.25, 0.3) is 0 Å². The van der Waals surface area contributed by atoms with Crippen molar-refractivity contribution in [3.05, 3.63) is 58.6 Å². The van der Waals surface area contributed by atoms with Crippen molar-refractivity contribution in [2.24, 2.45) is 0 Å². The lowest BCUT2D eigenvalue weighted by Crippen LogP contribution is -2.40. The van der Waals surface area contributed by atoms with Gasteiger partial charge in [-0.15, -0.1) is 0 Å². The van der Waals surface area contributed by atoms with Crippen LogP contribution in [0.4, 0.5) is 5.69 Å². The number of halogens is 1. The van der Waals surface area contributed by atoms with Crippen molar-refractivity contribution in [2.45, 2.75) is 38.1 Å². The first-order valence-corrected chi connectivity index (χ1v) is 9.56. The molecule has 0 saturated carbocycles. The molecule has 25 heavy (non-hydrogen) atoms. The topological polar surface area (TPSA) is 75.3 Å². The van der Waals surface area contributed by atoms with Crippen LogP contribution in [0.2, 0.25) is 5.02 Å². The minimum absolute atomic E-state index is 0.0456. The summed E-state index contributed by atoms with van der Waals surface area (Å²) in [5.74, 6) is -0.396. The van der Waals surface area contributed by atoms with Gasteiger partial charge in [-0.2, -0.15) is 0 Å². The minimum atomic E-state index is -3.72. The molecule has 5 nitrogen and oxygen atoms in total. The van der Waals surface area contributed by atoms with Gasteiger partial charge in [-0.1, -0.05) is 23.7 Å². The van der Waals surface area contributed by atoms with Crippen molar-refractivity contribution in [3.8, 4) is 0 Å². The number of amides is 1. The largest absolute Gasteiger partial charge is 0.322 e. The molecule has 0 fully saturated rings. The number of aryl methyl sites for hydroxylation is 1. The van der Waals surface area contributed by atoms with Crippen LogP contribution in [0.1, 0.15) is 36.7 Å². The summed E-state index contributed by atoms with van der Waals surface area (Å²) in [6.07, 6.45) is 0. The summed E-state index contributed by atoms with van der Waals surface area (Å²) in [5, 5.41) is 3.23. The molecule has 0 saturated heterocycles. The molecule has 134 valence electrons. The maximum absolute atomic E-state index is 12.5. The Morgan fingerprint density at radius 3 is 2.36 bits per heavy atom. The van der Waals surface area contributed by atoms with Crippen LogP contribution in [0, 0.1) is 6.92 Å². The monoisotopic (exact) mass is 380 g/mol. The number of carbonyl (C=O) groups excluding carboxylic acids is 1. The van der Waals surface area contributed by atoms with Gasteiger partial charge in [0.2, 0.25) is 10.0 Å². The molecule has 0 spiro atoms. The normalized spacial score (nSPS) is 12.0. The van der Waals surface area contributed by atoms with E-state index in [1.165, 1.54) is 12.1 Å². The smallest absolute Gasteiger partial charge is 0.255 e. The van der Waals surface area contributed by atoms with Gasteiger partial charge in [-0.3, -0.25) is 4.79 Å². The van der Waals surface area contributed by atoms with E-state index in [9.17, 15) is 13.2 Å². The molecule has 0 aliphatic carbocycles. The number of carbonyl (C=O) groups is 1. The van der Waals surface area contributed by atoms with Crippen LogP contribution in [-0.4, -0.2) is 19.9 Å². The second-order valence-corrected chi connectivity index (χ2v) is 8.92. The SMILES string of the molecule is Cc1ccc(S(=O)(=O)NC(C)(C)C)cc1C(=O)Nc1cccc(Cl)c1. The minimum Gasteiger partial charge on any atom is -0.322 e. The molecule has 0 aromatic heterocycles. The molecular weight excluding hydrogens is 360 g/mol. The first-order valence-electron chi connectivity index (χ1n) is 7.69. The van der Waals surface area contributed by atoms with Gasteiger partial charge in [0, 0.05) is 21.8 Å². The van der Waals surface area contributed by atoms with E-state index < -0.39 is 21.5 Å². The highest BCUT2D eigenvalue weighted by Crippen LogP contribution is 2.20. The molecule has 7 heteroatoms. The highest BCUT2D eigenvalue weighted by molar-refractivity contribution is 7.89. The van der Waals surface area contributed by atoms with Crippen molar-refractivity contribution < 1.29 is 13.2 Å². The number of benzene rings is 2. The second-order valence-electron chi connectivity index (χ2n) is 6.80. The van der Waals surface area contributed by atoms with Gasteiger partial charge in [0.25, 0.3) is 5.91 Å². The van der Waals surface area contributed by atoms with Crippen LogP contribution < -0.4 is 10.0 Å². The maximum atomic E-state index is 12.5. The van der Waals surface area contributed by atoms with Crippen LogP contribution in [-0.2, 0) is 10.0 Å².